The lowest BCUT2D eigenvalue weighted by atomic mass is 10.1. The normalized spacial score (nSPS) is 17.6. The van der Waals surface area contributed by atoms with E-state index in [1.165, 1.54) is 0 Å². The van der Waals surface area contributed by atoms with E-state index in [1.807, 2.05) is 62.4 Å². The Labute approximate surface area is 148 Å². The van der Waals surface area contributed by atoms with Gasteiger partial charge in [0.25, 0.3) is 0 Å². The Morgan fingerprint density at radius 3 is 2.48 bits per heavy atom. The molecule has 0 bridgehead atoms. The van der Waals surface area contributed by atoms with Crippen molar-refractivity contribution in [3.05, 3.63) is 59.7 Å². The van der Waals surface area contributed by atoms with Crippen LogP contribution >= 0.6 is 0 Å². The lowest BCUT2D eigenvalue weighted by Crippen LogP contribution is -2.58. The van der Waals surface area contributed by atoms with Gasteiger partial charge in [0.2, 0.25) is 5.91 Å². The zero-order chi connectivity index (χ0) is 18.0. The maximum absolute atomic E-state index is 12.9. The standard InChI is InChI=1S/C20H23N3O2/c1-14-8-7-11-18(15(14)2)23-13-12-22(16(3)19(23)24)20(25)21-17-9-5-4-6-10-17/h4-11,16H,12-13H2,1-3H3,(H,21,25)/t16-/m1/s1. The molecule has 0 spiro atoms. The van der Waals surface area contributed by atoms with E-state index in [4.69, 9.17) is 0 Å². The summed E-state index contributed by atoms with van der Waals surface area (Å²) >= 11 is 0. The van der Waals surface area contributed by atoms with Crippen molar-refractivity contribution < 1.29 is 9.59 Å². The first-order chi connectivity index (χ1) is 12.0. The molecule has 0 aliphatic carbocycles. The summed E-state index contributed by atoms with van der Waals surface area (Å²) in [7, 11) is 0. The number of nitrogens with one attached hydrogen (secondary N) is 1. The van der Waals surface area contributed by atoms with Crippen LogP contribution < -0.4 is 10.2 Å². The van der Waals surface area contributed by atoms with Crippen molar-refractivity contribution in [1.82, 2.24) is 4.90 Å². The Morgan fingerprint density at radius 2 is 1.76 bits per heavy atom. The average molecular weight is 337 g/mol. The molecule has 1 N–H and O–H groups in total. The molecule has 1 aliphatic rings. The maximum Gasteiger partial charge on any atom is 0.322 e. The summed E-state index contributed by atoms with van der Waals surface area (Å²) in [5, 5.41) is 2.85. The highest BCUT2D eigenvalue weighted by molar-refractivity contribution is 6.02. The molecular weight excluding hydrogens is 314 g/mol. The second-order valence-electron chi connectivity index (χ2n) is 6.37. The number of carbonyl (C=O) groups is 2. The van der Waals surface area contributed by atoms with E-state index in [0.717, 1.165) is 22.5 Å². The van der Waals surface area contributed by atoms with Crippen LogP contribution in [-0.2, 0) is 4.79 Å². The fourth-order valence-corrected chi connectivity index (χ4v) is 3.13. The lowest BCUT2D eigenvalue weighted by molar-refractivity contribution is -0.123. The minimum Gasteiger partial charge on any atom is -0.311 e. The van der Waals surface area contributed by atoms with Crippen LogP contribution in [0.1, 0.15) is 18.1 Å². The van der Waals surface area contributed by atoms with Crippen molar-refractivity contribution in [2.75, 3.05) is 23.3 Å². The third-order valence-corrected chi connectivity index (χ3v) is 4.81. The first-order valence-corrected chi connectivity index (χ1v) is 8.49. The van der Waals surface area contributed by atoms with Crippen molar-refractivity contribution in [2.24, 2.45) is 0 Å². The van der Waals surface area contributed by atoms with Crippen LogP contribution in [0.5, 0.6) is 0 Å². The van der Waals surface area contributed by atoms with Crippen molar-refractivity contribution in [1.29, 1.82) is 0 Å². The molecule has 3 rings (SSSR count). The van der Waals surface area contributed by atoms with Crippen LogP contribution in [0.4, 0.5) is 16.2 Å². The molecule has 5 heteroatoms. The molecule has 2 aromatic rings. The van der Waals surface area contributed by atoms with E-state index in [2.05, 4.69) is 5.32 Å². The molecular formula is C20H23N3O2. The number of amides is 3. The summed E-state index contributed by atoms with van der Waals surface area (Å²) in [4.78, 5) is 28.8. The monoisotopic (exact) mass is 337 g/mol. The van der Waals surface area contributed by atoms with E-state index in [0.29, 0.717) is 13.1 Å². The first kappa shape index (κ1) is 17.0. The second kappa shape index (κ2) is 6.97. The Bertz CT molecular complexity index is 789. The van der Waals surface area contributed by atoms with Crippen molar-refractivity contribution in [3.8, 4) is 0 Å². The molecule has 3 amide bonds. The molecule has 1 fully saturated rings. The van der Waals surface area contributed by atoms with Gasteiger partial charge in [0.1, 0.15) is 6.04 Å². The Balaban J connectivity index is 1.75. The third-order valence-electron chi connectivity index (χ3n) is 4.81. The molecule has 5 nitrogen and oxygen atoms in total. The van der Waals surface area contributed by atoms with Gasteiger partial charge in [-0.15, -0.1) is 0 Å². The Morgan fingerprint density at radius 1 is 1.04 bits per heavy atom. The number of nitrogens with zero attached hydrogens (tertiary/aromatic N) is 2. The molecule has 0 saturated carbocycles. The van der Waals surface area contributed by atoms with Gasteiger partial charge in [-0.05, 0) is 50.1 Å². The molecule has 0 unspecified atom stereocenters. The van der Waals surface area contributed by atoms with E-state index < -0.39 is 6.04 Å². The highest BCUT2D eigenvalue weighted by Crippen LogP contribution is 2.26. The van der Waals surface area contributed by atoms with Gasteiger partial charge in [-0.2, -0.15) is 0 Å². The molecule has 130 valence electrons. The smallest absolute Gasteiger partial charge is 0.311 e. The summed E-state index contributed by atoms with van der Waals surface area (Å²) in [6.45, 7) is 6.84. The topological polar surface area (TPSA) is 52.6 Å². The minimum atomic E-state index is -0.502. The van der Waals surface area contributed by atoms with Gasteiger partial charge in [-0.3, -0.25) is 4.79 Å². The van der Waals surface area contributed by atoms with Crippen LogP contribution in [0.3, 0.4) is 0 Å². The molecule has 1 aliphatic heterocycles. The van der Waals surface area contributed by atoms with Gasteiger partial charge in [0.15, 0.2) is 0 Å². The number of hydrogen-bond donors (Lipinski definition) is 1. The zero-order valence-corrected chi connectivity index (χ0v) is 14.8. The molecule has 1 heterocycles. The van der Waals surface area contributed by atoms with E-state index >= 15 is 0 Å². The largest absolute Gasteiger partial charge is 0.322 e. The van der Waals surface area contributed by atoms with Gasteiger partial charge in [0, 0.05) is 24.5 Å². The van der Waals surface area contributed by atoms with Gasteiger partial charge >= 0.3 is 6.03 Å². The third kappa shape index (κ3) is 3.36. The molecule has 0 radical (unpaired) electrons. The quantitative estimate of drug-likeness (QED) is 0.911. The highest BCUT2D eigenvalue weighted by Gasteiger charge is 2.35. The second-order valence-corrected chi connectivity index (χ2v) is 6.37. The summed E-state index contributed by atoms with van der Waals surface area (Å²) in [5.41, 5.74) is 3.91. The maximum atomic E-state index is 12.9. The fraction of sp³-hybridized carbons (Fsp3) is 0.300. The number of urea groups is 1. The van der Waals surface area contributed by atoms with Crippen LogP contribution in [0.2, 0.25) is 0 Å². The van der Waals surface area contributed by atoms with Gasteiger partial charge in [-0.25, -0.2) is 4.79 Å². The number of benzene rings is 2. The number of anilines is 2. The molecule has 1 atom stereocenters. The summed E-state index contributed by atoms with van der Waals surface area (Å²) in [5.74, 6) is -0.0526. The average Bonchev–Trinajstić information content (AvgIpc) is 2.61. The summed E-state index contributed by atoms with van der Waals surface area (Å²) < 4.78 is 0. The van der Waals surface area contributed by atoms with E-state index in [-0.39, 0.29) is 11.9 Å². The molecule has 1 saturated heterocycles. The van der Waals surface area contributed by atoms with Crippen LogP contribution in [0, 0.1) is 13.8 Å². The van der Waals surface area contributed by atoms with E-state index in [1.54, 1.807) is 16.7 Å². The predicted molar refractivity (Wildman–Crippen MR) is 99.9 cm³/mol. The number of piperazine rings is 1. The fourth-order valence-electron chi connectivity index (χ4n) is 3.13. The minimum absolute atomic E-state index is 0.0526. The molecule has 0 aromatic heterocycles. The summed E-state index contributed by atoms with van der Waals surface area (Å²) in [6, 6.07) is 14.5. The van der Waals surface area contributed by atoms with Gasteiger partial charge < -0.3 is 15.1 Å². The SMILES string of the molecule is Cc1cccc(N2CCN(C(=O)Nc3ccccc3)[C@H](C)C2=O)c1C. The molecule has 2 aromatic carbocycles. The van der Waals surface area contributed by atoms with Crippen molar-refractivity contribution in [3.63, 3.8) is 0 Å². The number of aryl methyl sites for hydroxylation is 1. The zero-order valence-electron chi connectivity index (χ0n) is 14.8. The van der Waals surface area contributed by atoms with Crippen molar-refractivity contribution >= 4 is 23.3 Å². The first-order valence-electron chi connectivity index (χ1n) is 8.49. The summed E-state index contributed by atoms with van der Waals surface area (Å²) in [6.07, 6.45) is 0. The van der Waals surface area contributed by atoms with Crippen LogP contribution in [0.25, 0.3) is 0 Å². The lowest BCUT2D eigenvalue weighted by Gasteiger charge is -2.39. The van der Waals surface area contributed by atoms with E-state index in [9.17, 15) is 9.59 Å². The Kier molecular flexibility index (Phi) is 4.74. The number of para-hydroxylation sites is 1. The highest BCUT2D eigenvalue weighted by atomic mass is 16.2. The number of hydrogen-bond acceptors (Lipinski definition) is 2. The van der Waals surface area contributed by atoms with Gasteiger partial charge in [0.05, 0.1) is 0 Å². The Hall–Kier alpha value is -2.82. The van der Waals surface area contributed by atoms with Crippen molar-refractivity contribution in [2.45, 2.75) is 26.8 Å². The molecule has 25 heavy (non-hydrogen) atoms. The number of carbonyl (C=O) groups excluding carboxylic acids is 2. The van der Waals surface area contributed by atoms with Crippen LogP contribution in [-0.4, -0.2) is 36.0 Å². The van der Waals surface area contributed by atoms with Crippen LogP contribution in [0.15, 0.2) is 48.5 Å². The number of rotatable bonds is 2. The van der Waals surface area contributed by atoms with Gasteiger partial charge in [-0.1, -0.05) is 30.3 Å². The predicted octanol–water partition coefficient (Wildman–Crippen LogP) is 3.57.